The van der Waals surface area contributed by atoms with Crippen LogP contribution in [0.3, 0.4) is 0 Å². The number of hydrogen-bond donors (Lipinski definition) is 0. The third kappa shape index (κ3) is 2.86. The maximum absolute atomic E-state index is 11.4. The molecule has 3 nitrogen and oxygen atoms in total. The number of carbonyl (C=O) groups is 2. The Labute approximate surface area is 106 Å². The molecule has 0 bridgehead atoms. The molecule has 18 heavy (non-hydrogen) atoms. The third-order valence-corrected chi connectivity index (χ3v) is 3.28. The van der Waals surface area contributed by atoms with Gasteiger partial charge >= 0.3 is 5.97 Å². The number of ether oxygens (including phenoxy) is 1. The Balaban J connectivity index is 2.23. The van der Waals surface area contributed by atoms with Crippen LogP contribution in [0.2, 0.25) is 0 Å². The van der Waals surface area contributed by atoms with Gasteiger partial charge in [-0.3, -0.25) is 4.79 Å². The Kier molecular flexibility index (Phi) is 3.92. The van der Waals surface area contributed by atoms with Gasteiger partial charge in [0.15, 0.2) is 0 Å². The lowest BCUT2D eigenvalue weighted by atomic mass is 9.93. The molecular formula is C15H16O3. The predicted molar refractivity (Wildman–Crippen MR) is 69.1 cm³/mol. The molecule has 94 valence electrons. The highest BCUT2D eigenvalue weighted by atomic mass is 16.5. The van der Waals surface area contributed by atoms with Gasteiger partial charge in [-0.1, -0.05) is 24.3 Å². The molecule has 1 aromatic rings. The standard InChI is InChI=1S/C15H16O3/c1-18-15(17)9-7-11-4-2-3-5-14(11)12-6-8-13(16)10-12/h2-5,7,9,12H,6,8,10H2,1H3/b9-7+. The summed E-state index contributed by atoms with van der Waals surface area (Å²) < 4.78 is 4.57. The van der Waals surface area contributed by atoms with Crippen LogP contribution in [0.15, 0.2) is 30.3 Å². The van der Waals surface area contributed by atoms with Crippen LogP contribution in [0, 0.1) is 0 Å². The van der Waals surface area contributed by atoms with Crippen LogP contribution >= 0.6 is 0 Å². The molecule has 1 aliphatic rings. The average Bonchev–Trinajstić information content (AvgIpc) is 2.83. The molecule has 1 atom stereocenters. The topological polar surface area (TPSA) is 43.4 Å². The molecular weight excluding hydrogens is 228 g/mol. The fraction of sp³-hybridized carbons (Fsp3) is 0.333. The van der Waals surface area contributed by atoms with Crippen LogP contribution in [0.5, 0.6) is 0 Å². The molecule has 2 rings (SSSR count). The Hall–Kier alpha value is -1.90. The lowest BCUT2D eigenvalue weighted by molar-refractivity contribution is -0.134. The van der Waals surface area contributed by atoms with Crippen molar-refractivity contribution in [2.45, 2.75) is 25.2 Å². The molecule has 1 unspecified atom stereocenters. The van der Waals surface area contributed by atoms with Gasteiger partial charge in [0.05, 0.1) is 7.11 Å². The van der Waals surface area contributed by atoms with E-state index in [0.717, 1.165) is 17.5 Å². The summed E-state index contributed by atoms with van der Waals surface area (Å²) in [5.41, 5.74) is 2.13. The Morgan fingerprint density at radius 2 is 2.17 bits per heavy atom. The second kappa shape index (κ2) is 5.63. The van der Waals surface area contributed by atoms with Crippen molar-refractivity contribution < 1.29 is 14.3 Å². The molecule has 0 N–H and O–H groups in total. The van der Waals surface area contributed by atoms with Gasteiger partial charge in [0.2, 0.25) is 0 Å². The van der Waals surface area contributed by atoms with Crippen molar-refractivity contribution in [2.75, 3.05) is 7.11 Å². The van der Waals surface area contributed by atoms with E-state index in [1.807, 2.05) is 24.3 Å². The molecule has 0 aliphatic heterocycles. The number of methoxy groups -OCH3 is 1. The SMILES string of the molecule is COC(=O)/C=C/c1ccccc1C1CCC(=O)C1. The van der Waals surface area contributed by atoms with Crippen LogP contribution < -0.4 is 0 Å². The largest absolute Gasteiger partial charge is 0.466 e. The maximum Gasteiger partial charge on any atom is 0.330 e. The first-order valence-corrected chi connectivity index (χ1v) is 6.07. The minimum atomic E-state index is -0.368. The van der Waals surface area contributed by atoms with Crippen LogP contribution in [0.25, 0.3) is 6.08 Å². The lowest BCUT2D eigenvalue weighted by Crippen LogP contribution is -1.98. The summed E-state index contributed by atoms with van der Waals surface area (Å²) >= 11 is 0. The third-order valence-electron chi connectivity index (χ3n) is 3.28. The van der Waals surface area contributed by atoms with E-state index in [4.69, 9.17) is 0 Å². The zero-order valence-corrected chi connectivity index (χ0v) is 10.4. The van der Waals surface area contributed by atoms with Crippen molar-refractivity contribution in [1.29, 1.82) is 0 Å². The number of rotatable bonds is 3. The number of hydrogen-bond acceptors (Lipinski definition) is 3. The monoisotopic (exact) mass is 244 g/mol. The summed E-state index contributed by atoms with van der Waals surface area (Å²) in [5, 5.41) is 0. The zero-order chi connectivity index (χ0) is 13.0. The number of Topliss-reactive ketones (excluding diaryl/α,β-unsaturated/α-hetero) is 1. The highest BCUT2D eigenvalue weighted by Crippen LogP contribution is 2.34. The van der Waals surface area contributed by atoms with Crippen molar-refractivity contribution in [3.8, 4) is 0 Å². The van der Waals surface area contributed by atoms with E-state index in [1.54, 1.807) is 6.08 Å². The summed E-state index contributed by atoms with van der Waals surface area (Å²) in [4.78, 5) is 22.5. The molecule has 3 heteroatoms. The number of carbonyl (C=O) groups excluding carboxylic acids is 2. The number of benzene rings is 1. The Morgan fingerprint density at radius 3 is 2.83 bits per heavy atom. The fourth-order valence-electron chi connectivity index (χ4n) is 2.34. The highest BCUT2D eigenvalue weighted by Gasteiger charge is 2.24. The van der Waals surface area contributed by atoms with E-state index >= 15 is 0 Å². The summed E-state index contributed by atoms with van der Waals surface area (Å²) in [6, 6.07) is 7.88. The highest BCUT2D eigenvalue weighted by molar-refractivity contribution is 5.87. The van der Waals surface area contributed by atoms with Crippen LogP contribution in [-0.2, 0) is 14.3 Å². The van der Waals surface area contributed by atoms with Crippen molar-refractivity contribution in [3.05, 3.63) is 41.5 Å². The molecule has 1 aliphatic carbocycles. The first kappa shape index (κ1) is 12.6. The van der Waals surface area contributed by atoms with E-state index in [1.165, 1.54) is 13.2 Å². The quantitative estimate of drug-likeness (QED) is 0.606. The molecule has 1 saturated carbocycles. The van der Waals surface area contributed by atoms with Gasteiger partial charge in [-0.2, -0.15) is 0 Å². The second-order valence-corrected chi connectivity index (χ2v) is 4.46. The molecule has 0 aromatic heterocycles. The smallest absolute Gasteiger partial charge is 0.330 e. The maximum atomic E-state index is 11.4. The Bertz CT molecular complexity index is 488. The summed E-state index contributed by atoms with van der Waals surface area (Å²) in [5.74, 6) is 0.245. The molecule has 0 heterocycles. The van der Waals surface area contributed by atoms with E-state index in [-0.39, 0.29) is 11.9 Å². The van der Waals surface area contributed by atoms with Crippen molar-refractivity contribution in [2.24, 2.45) is 0 Å². The summed E-state index contributed by atoms with van der Waals surface area (Å²) in [6.07, 6.45) is 5.35. The number of esters is 1. The van der Waals surface area contributed by atoms with E-state index in [9.17, 15) is 9.59 Å². The van der Waals surface area contributed by atoms with Crippen molar-refractivity contribution in [3.63, 3.8) is 0 Å². The first-order valence-electron chi connectivity index (χ1n) is 6.07. The normalized spacial score (nSPS) is 19.4. The molecule has 0 saturated heterocycles. The number of ketones is 1. The zero-order valence-electron chi connectivity index (χ0n) is 10.4. The van der Waals surface area contributed by atoms with Gasteiger partial charge in [-0.05, 0) is 29.5 Å². The summed E-state index contributed by atoms with van der Waals surface area (Å²) in [6.45, 7) is 0. The van der Waals surface area contributed by atoms with Gasteiger partial charge < -0.3 is 4.74 Å². The van der Waals surface area contributed by atoms with Gasteiger partial charge in [0.1, 0.15) is 5.78 Å². The fourth-order valence-corrected chi connectivity index (χ4v) is 2.34. The van der Waals surface area contributed by atoms with Gasteiger partial charge in [0, 0.05) is 18.9 Å². The second-order valence-electron chi connectivity index (χ2n) is 4.46. The average molecular weight is 244 g/mol. The van der Waals surface area contributed by atoms with E-state index in [0.29, 0.717) is 18.6 Å². The van der Waals surface area contributed by atoms with Gasteiger partial charge in [-0.25, -0.2) is 4.79 Å². The molecule has 0 amide bonds. The van der Waals surface area contributed by atoms with Crippen LogP contribution in [0.4, 0.5) is 0 Å². The van der Waals surface area contributed by atoms with Crippen molar-refractivity contribution in [1.82, 2.24) is 0 Å². The molecule has 1 aromatic carbocycles. The molecule has 0 spiro atoms. The first-order chi connectivity index (χ1) is 8.70. The molecule has 0 radical (unpaired) electrons. The van der Waals surface area contributed by atoms with E-state index < -0.39 is 0 Å². The van der Waals surface area contributed by atoms with Gasteiger partial charge in [-0.15, -0.1) is 0 Å². The minimum Gasteiger partial charge on any atom is -0.466 e. The predicted octanol–water partition coefficient (Wildman–Crippen LogP) is 2.71. The van der Waals surface area contributed by atoms with Gasteiger partial charge in [0.25, 0.3) is 0 Å². The molecule has 1 fully saturated rings. The van der Waals surface area contributed by atoms with E-state index in [2.05, 4.69) is 4.74 Å². The Morgan fingerprint density at radius 1 is 1.39 bits per heavy atom. The lowest BCUT2D eigenvalue weighted by Gasteiger charge is -2.11. The van der Waals surface area contributed by atoms with Crippen LogP contribution in [-0.4, -0.2) is 18.9 Å². The van der Waals surface area contributed by atoms with Crippen molar-refractivity contribution >= 4 is 17.8 Å². The summed E-state index contributed by atoms with van der Waals surface area (Å²) in [7, 11) is 1.36. The minimum absolute atomic E-state index is 0.288. The van der Waals surface area contributed by atoms with Crippen LogP contribution in [0.1, 0.15) is 36.3 Å².